The standard InChI is InChI=1S/C17H14N4O6S/c1-28(25,26)14-8-4-12(5-9-14)16-19-20-17(27-16)18-15(22)10-11-2-6-13(7-3-11)21(23)24/h2-9H,10H2,1H3,(H,18,20,22). The maximum Gasteiger partial charge on any atom is 0.322 e. The quantitative estimate of drug-likeness (QED) is 0.488. The molecule has 11 heteroatoms. The van der Waals surface area contributed by atoms with E-state index in [-0.39, 0.29) is 28.9 Å². The van der Waals surface area contributed by atoms with Crippen LogP contribution in [0.3, 0.4) is 0 Å². The van der Waals surface area contributed by atoms with Crippen LogP contribution in [0.15, 0.2) is 57.8 Å². The number of aromatic nitrogens is 2. The zero-order chi connectivity index (χ0) is 20.3. The van der Waals surface area contributed by atoms with Gasteiger partial charge in [0.25, 0.3) is 5.69 Å². The van der Waals surface area contributed by atoms with Crippen molar-refractivity contribution < 1.29 is 22.6 Å². The number of sulfone groups is 1. The summed E-state index contributed by atoms with van der Waals surface area (Å²) in [6, 6.07) is 11.4. The van der Waals surface area contributed by atoms with Crippen LogP contribution < -0.4 is 5.32 Å². The van der Waals surface area contributed by atoms with Crippen LogP contribution >= 0.6 is 0 Å². The molecule has 0 fully saturated rings. The van der Waals surface area contributed by atoms with E-state index in [2.05, 4.69) is 15.5 Å². The monoisotopic (exact) mass is 402 g/mol. The third-order valence-corrected chi connectivity index (χ3v) is 4.84. The van der Waals surface area contributed by atoms with Crippen molar-refractivity contribution in [3.8, 4) is 11.5 Å². The second kappa shape index (κ2) is 7.56. The number of hydrogen-bond acceptors (Lipinski definition) is 8. The molecule has 0 unspecified atom stereocenters. The van der Waals surface area contributed by atoms with Gasteiger partial charge >= 0.3 is 6.01 Å². The van der Waals surface area contributed by atoms with Crippen molar-refractivity contribution >= 4 is 27.4 Å². The minimum atomic E-state index is -3.31. The number of carbonyl (C=O) groups excluding carboxylic acids is 1. The highest BCUT2D eigenvalue weighted by atomic mass is 32.2. The Morgan fingerprint density at radius 2 is 1.75 bits per heavy atom. The topological polar surface area (TPSA) is 145 Å². The number of nitro benzene ring substituents is 1. The second-order valence-electron chi connectivity index (χ2n) is 5.86. The van der Waals surface area contributed by atoms with Gasteiger partial charge in [0, 0.05) is 24.0 Å². The number of hydrogen-bond donors (Lipinski definition) is 1. The number of amides is 1. The molecule has 3 aromatic rings. The van der Waals surface area contributed by atoms with Crippen LogP contribution in [-0.4, -0.2) is 35.7 Å². The van der Waals surface area contributed by atoms with Gasteiger partial charge < -0.3 is 4.42 Å². The molecule has 1 aromatic heterocycles. The van der Waals surface area contributed by atoms with E-state index in [0.717, 1.165) is 6.26 Å². The number of non-ortho nitro benzene ring substituents is 1. The van der Waals surface area contributed by atoms with Gasteiger partial charge in [-0.25, -0.2) is 8.42 Å². The van der Waals surface area contributed by atoms with Gasteiger partial charge in [0.05, 0.1) is 16.2 Å². The molecule has 0 saturated heterocycles. The maximum atomic E-state index is 12.1. The predicted octanol–water partition coefficient (Wildman–Crippen LogP) is 2.23. The molecule has 0 aliphatic carbocycles. The van der Waals surface area contributed by atoms with Crippen molar-refractivity contribution in [2.75, 3.05) is 11.6 Å². The van der Waals surface area contributed by atoms with Gasteiger partial charge in [-0.3, -0.25) is 20.2 Å². The third kappa shape index (κ3) is 4.57. The molecular formula is C17H14N4O6S. The summed E-state index contributed by atoms with van der Waals surface area (Å²) < 4.78 is 28.3. The molecular weight excluding hydrogens is 388 g/mol. The Bertz CT molecular complexity index is 1120. The summed E-state index contributed by atoms with van der Waals surface area (Å²) in [6.07, 6.45) is 1.08. The molecule has 0 bridgehead atoms. The summed E-state index contributed by atoms with van der Waals surface area (Å²) in [4.78, 5) is 22.3. The summed E-state index contributed by atoms with van der Waals surface area (Å²) in [6.45, 7) is 0. The molecule has 2 aromatic carbocycles. The lowest BCUT2D eigenvalue weighted by Crippen LogP contribution is -2.14. The van der Waals surface area contributed by atoms with E-state index >= 15 is 0 Å². The van der Waals surface area contributed by atoms with E-state index in [1.807, 2.05) is 0 Å². The minimum absolute atomic E-state index is 0.0290. The zero-order valence-electron chi connectivity index (χ0n) is 14.5. The van der Waals surface area contributed by atoms with E-state index < -0.39 is 20.7 Å². The Labute approximate surface area is 159 Å². The number of nitrogens with zero attached hydrogens (tertiary/aromatic N) is 3. The van der Waals surface area contributed by atoms with Crippen molar-refractivity contribution in [2.45, 2.75) is 11.3 Å². The first kappa shape index (κ1) is 19.2. The van der Waals surface area contributed by atoms with E-state index in [4.69, 9.17) is 4.42 Å². The normalized spacial score (nSPS) is 11.2. The minimum Gasteiger partial charge on any atom is -0.403 e. The largest absolute Gasteiger partial charge is 0.403 e. The molecule has 0 saturated carbocycles. The maximum absolute atomic E-state index is 12.1. The van der Waals surface area contributed by atoms with Crippen LogP contribution in [-0.2, 0) is 21.1 Å². The van der Waals surface area contributed by atoms with Crippen molar-refractivity contribution in [1.82, 2.24) is 10.2 Å². The van der Waals surface area contributed by atoms with E-state index in [1.54, 1.807) is 0 Å². The van der Waals surface area contributed by atoms with E-state index in [0.29, 0.717) is 11.1 Å². The van der Waals surface area contributed by atoms with Crippen molar-refractivity contribution in [3.05, 3.63) is 64.2 Å². The highest BCUT2D eigenvalue weighted by molar-refractivity contribution is 7.90. The van der Waals surface area contributed by atoms with Gasteiger partial charge in [0.15, 0.2) is 9.84 Å². The smallest absolute Gasteiger partial charge is 0.322 e. The summed E-state index contributed by atoms with van der Waals surface area (Å²) in [7, 11) is -3.31. The SMILES string of the molecule is CS(=O)(=O)c1ccc(-c2nnc(NC(=O)Cc3ccc([N+](=O)[O-])cc3)o2)cc1. The Morgan fingerprint density at radius 3 is 2.32 bits per heavy atom. The Kier molecular flexibility index (Phi) is 5.18. The first-order valence-electron chi connectivity index (χ1n) is 7.89. The number of anilines is 1. The highest BCUT2D eigenvalue weighted by Crippen LogP contribution is 2.22. The van der Waals surface area contributed by atoms with Crippen LogP contribution in [0.1, 0.15) is 5.56 Å². The average Bonchev–Trinajstić information content (AvgIpc) is 3.10. The Hall–Kier alpha value is -3.60. The molecule has 10 nitrogen and oxygen atoms in total. The molecule has 1 N–H and O–H groups in total. The zero-order valence-corrected chi connectivity index (χ0v) is 15.3. The fraction of sp³-hybridized carbons (Fsp3) is 0.118. The molecule has 1 heterocycles. The second-order valence-corrected chi connectivity index (χ2v) is 7.87. The number of carbonyl (C=O) groups is 1. The molecule has 0 aliphatic heterocycles. The number of rotatable bonds is 6. The molecule has 3 rings (SSSR count). The average molecular weight is 402 g/mol. The van der Waals surface area contributed by atoms with Crippen molar-refractivity contribution in [3.63, 3.8) is 0 Å². The molecule has 1 amide bonds. The lowest BCUT2D eigenvalue weighted by Gasteiger charge is -2.01. The van der Waals surface area contributed by atoms with Gasteiger partial charge in [-0.2, -0.15) is 0 Å². The summed E-state index contributed by atoms with van der Waals surface area (Å²) in [5.74, 6) is -0.317. The third-order valence-electron chi connectivity index (χ3n) is 3.71. The van der Waals surface area contributed by atoms with Crippen molar-refractivity contribution in [2.24, 2.45) is 0 Å². The Morgan fingerprint density at radius 1 is 1.11 bits per heavy atom. The highest BCUT2D eigenvalue weighted by Gasteiger charge is 2.14. The van der Waals surface area contributed by atoms with Gasteiger partial charge in [-0.05, 0) is 29.8 Å². The lowest BCUT2D eigenvalue weighted by atomic mass is 10.1. The number of nitrogens with one attached hydrogen (secondary N) is 1. The molecule has 0 aliphatic rings. The number of nitro groups is 1. The molecule has 144 valence electrons. The van der Waals surface area contributed by atoms with Gasteiger partial charge in [0.1, 0.15) is 0 Å². The van der Waals surface area contributed by atoms with Crippen molar-refractivity contribution in [1.29, 1.82) is 0 Å². The lowest BCUT2D eigenvalue weighted by molar-refractivity contribution is -0.384. The molecule has 0 radical (unpaired) electrons. The van der Waals surface area contributed by atoms with Crippen LogP contribution in [0.4, 0.5) is 11.7 Å². The van der Waals surface area contributed by atoms with Crippen LogP contribution in [0, 0.1) is 10.1 Å². The predicted molar refractivity (Wildman–Crippen MR) is 98.3 cm³/mol. The van der Waals surface area contributed by atoms with E-state index in [9.17, 15) is 23.3 Å². The fourth-order valence-electron chi connectivity index (χ4n) is 2.32. The fourth-order valence-corrected chi connectivity index (χ4v) is 2.95. The molecule has 0 spiro atoms. The van der Waals surface area contributed by atoms with Gasteiger partial charge in [-0.15, -0.1) is 5.10 Å². The molecule has 0 atom stereocenters. The van der Waals surface area contributed by atoms with Gasteiger partial charge in [0.2, 0.25) is 11.8 Å². The number of benzene rings is 2. The summed E-state index contributed by atoms with van der Waals surface area (Å²) >= 11 is 0. The van der Waals surface area contributed by atoms with Crippen LogP contribution in [0.2, 0.25) is 0 Å². The summed E-state index contributed by atoms with van der Waals surface area (Å²) in [5, 5.41) is 20.6. The van der Waals surface area contributed by atoms with Gasteiger partial charge in [-0.1, -0.05) is 17.2 Å². The van der Waals surface area contributed by atoms with E-state index in [1.165, 1.54) is 48.5 Å². The van der Waals surface area contributed by atoms with Crippen LogP contribution in [0.5, 0.6) is 0 Å². The first-order valence-corrected chi connectivity index (χ1v) is 9.79. The first-order chi connectivity index (χ1) is 13.2. The molecule has 28 heavy (non-hydrogen) atoms. The summed E-state index contributed by atoms with van der Waals surface area (Å²) in [5.41, 5.74) is 1.02. The van der Waals surface area contributed by atoms with Crippen LogP contribution in [0.25, 0.3) is 11.5 Å². The Balaban J connectivity index is 1.65.